The number of carbonyl (C=O) groups excluding carboxylic acids is 1. The van der Waals surface area contributed by atoms with Gasteiger partial charge in [-0.1, -0.05) is 27.7 Å². The molecule has 0 aromatic heterocycles. The third-order valence-electron chi connectivity index (χ3n) is 3.17. The van der Waals surface area contributed by atoms with E-state index < -0.39 is 0 Å². The lowest BCUT2D eigenvalue weighted by Crippen LogP contribution is -2.56. The minimum atomic E-state index is -0.277. The van der Waals surface area contributed by atoms with E-state index in [9.17, 15) is 4.79 Å². The van der Waals surface area contributed by atoms with Crippen LogP contribution in [0.4, 0.5) is 0 Å². The number of carbonyl (C=O) groups is 1. The molecule has 1 amide bonds. The quantitative estimate of drug-likeness (QED) is 0.707. The lowest BCUT2D eigenvalue weighted by molar-refractivity contribution is -0.126. The van der Waals surface area contributed by atoms with E-state index >= 15 is 0 Å². The highest BCUT2D eigenvalue weighted by Crippen LogP contribution is 2.16. The van der Waals surface area contributed by atoms with Gasteiger partial charge in [0, 0.05) is 12.5 Å². The molecule has 0 aromatic rings. The summed E-state index contributed by atoms with van der Waals surface area (Å²) in [6.45, 7) is 10.6. The summed E-state index contributed by atoms with van der Waals surface area (Å²) in [5, 5.41) is 3.03. The average molecular weight is 200 g/mol. The van der Waals surface area contributed by atoms with Crippen LogP contribution in [0.3, 0.4) is 0 Å². The van der Waals surface area contributed by atoms with E-state index in [1.54, 1.807) is 0 Å². The molecule has 0 radical (unpaired) electrons. The summed E-state index contributed by atoms with van der Waals surface area (Å²) in [4.78, 5) is 11.7. The summed E-state index contributed by atoms with van der Waals surface area (Å²) in [7, 11) is 0. The summed E-state index contributed by atoms with van der Waals surface area (Å²) in [6.07, 6.45) is 0.866. The number of nitrogens with two attached hydrogens (primary N) is 1. The first kappa shape index (κ1) is 13.4. The fraction of sp³-hybridized carbons (Fsp3) is 0.909. The molecular weight excluding hydrogens is 176 g/mol. The maximum Gasteiger partial charge on any atom is 0.223 e. The number of hydrogen-bond donors (Lipinski definition) is 2. The van der Waals surface area contributed by atoms with Gasteiger partial charge in [-0.15, -0.1) is 0 Å². The Bertz CT molecular complexity index is 192. The Morgan fingerprint density at radius 1 is 1.43 bits per heavy atom. The third-order valence-corrected chi connectivity index (χ3v) is 3.17. The highest BCUT2D eigenvalue weighted by molar-refractivity contribution is 5.79. The molecule has 0 spiro atoms. The number of amides is 1. The van der Waals surface area contributed by atoms with Crippen LogP contribution in [0.1, 0.15) is 41.0 Å². The Balaban J connectivity index is 4.39. The van der Waals surface area contributed by atoms with Crippen LogP contribution < -0.4 is 11.1 Å². The second-order valence-electron chi connectivity index (χ2n) is 4.57. The summed E-state index contributed by atoms with van der Waals surface area (Å²) in [6, 6.07) is 0. The Labute approximate surface area is 87.4 Å². The van der Waals surface area contributed by atoms with Crippen LogP contribution in [-0.2, 0) is 4.79 Å². The minimum Gasteiger partial charge on any atom is -0.349 e. The van der Waals surface area contributed by atoms with E-state index in [-0.39, 0.29) is 17.4 Å². The van der Waals surface area contributed by atoms with E-state index in [4.69, 9.17) is 5.73 Å². The van der Waals surface area contributed by atoms with E-state index in [2.05, 4.69) is 19.2 Å². The molecule has 0 heterocycles. The third kappa shape index (κ3) is 3.29. The van der Waals surface area contributed by atoms with Crippen LogP contribution in [0.2, 0.25) is 0 Å². The van der Waals surface area contributed by atoms with Crippen molar-refractivity contribution >= 4 is 5.91 Å². The Morgan fingerprint density at radius 3 is 2.21 bits per heavy atom. The molecule has 0 aliphatic rings. The van der Waals surface area contributed by atoms with Crippen molar-refractivity contribution in [2.75, 3.05) is 6.54 Å². The van der Waals surface area contributed by atoms with Gasteiger partial charge in [0.15, 0.2) is 0 Å². The van der Waals surface area contributed by atoms with Gasteiger partial charge in [0.2, 0.25) is 5.91 Å². The molecule has 0 saturated carbocycles. The molecule has 0 rings (SSSR count). The van der Waals surface area contributed by atoms with Crippen LogP contribution >= 0.6 is 0 Å². The van der Waals surface area contributed by atoms with Gasteiger partial charge < -0.3 is 11.1 Å². The SMILES string of the molecule is CCC(C)C(=O)NC(C)(CN)C(C)C. The largest absolute Gasteiger partial charge is 0.349 e. The smallest absolute Gasteiger partial charge is 0.223 e. The van der Waals surface area contributed by atoms with Gasteiger partial charge in [-0.25, -0.2) is 0 Å². The van der Waals surface area contributed by atoms with Crippen LogP contribution in [0.25, 0.3) is 0 Å². The first-order valence-corrected chi connectivity index (χ1v) is 5.39. The summed E-state index contributed by atoms with van der Waals surface area (Å²) >= 11 is 0. The lowest BCUT2D eigenvalue weighted by atomic mass is 9.88. The Kier molecular flexibility index (Phi) is 5.13. The van der Waals surface area contributed by atoms with Gasteiger partial charge >= 0.3 is 0 Å². The molecule has 3 heteroatoms. The Morgan fingerprint density at radius 2 is 1.93 bits per heavy atom. The maximum atomic E-state index is 11.7. The normalized spacial score (nSPS) is 17.6. The molecule has 3 nitrogen and oxygen atoms in total. The zero-order valence-electron chi connectivity index (χ0n) is 10.1. The molecule has 0 bridgehead atoms. The van der Waals surface area contributed by atoms with E-state index in [0.29, 0.717) is 12.5 Å². The molecule has 0 saturated heterocycles. The van der Waals surface area contributed by atoms with Gasteiger partial charge in [-0.2, -0.15) is 0 Å². The van der Waals surface area contributed by atoms with Crippen LogP contribution in [-0.4, -0.2) is 18.0 Å². The molecular formula is C11H24N2O. The molecule has 84 valence electrons. The first-order valence-electron chi connectivity index (χ1n) is 5.39. The Hall–Kier alpha value is -0.570. The van der Waals surface area contributed by atoms with E-state index in [1.165, 1.54) is 0 Å². The summed E-state index contributed by atoms with van der Waals surface area (Å²) in [5.74, 6) is 0.522. The van der Waals surface area contributed by atoms with Crippen LogP contribution in [0.15, 0.2) is 0 Å². The van der Waals surface area contributed by atoms with E-state index in [0.717, 1.165) is 6.42 Å². The van der Waals surface area contributed by atoms with Crippen molar-refractivity contribution in [1.29, 1.82) is 0 Å². The van der Waals surface area contributed by atoms with Gasteiger partial charge in [-0.3, -0.25) is 4.79 Å². The van der Waals surface area contributed by atoms with Crippen molar-refractivity contribution in [2.45, 2.75) is 46.6 Å². The van der Waals surface area contributed by atoms with Crippen molar-refractivity contribution in [3.05, 3.63) is 0 Å². The van der Waals surface area contributed by atoms with E-state index in [1.807, 2.05) is 20.8 Å². The van der Waals surface area contributed by atoms with Crippen molar-refractivity contribution in [2.24, 2.45) is 17.6 Å². The molecule has 14 heavy (non-hydrogen) atoms. The highest BCUT2D eigenvalue weighted by atomic mass is 16.2. The predicted octanol–water partition coefficient (Wildman–Crippen LogP) is 1.52. The zero-order valence-corrected chi connectivity index (χ0v) is 10.1. The van der Waals surface area contributed by atoms with Crippen molar-refractivity contribution < 1.29 is 4.79 Å². The highest BCUT2D eigenvalue weighted by Gasteiger charge is 2.29. The molecule has 2 unspecified atom stereocenters. The first-order chi connectivity index (χ1) is 6.37. The summed E-state index contributed by atoms with van der Waals surface area (Å²) in [5.41, 5.74) is 5.41. The van der Waals surface area contributed by atoms with Crippen molar-refractivity contribution in [3.63, 3.8) is 0 Å². The molecule has 3 N–H and O–H groups in total. The van der Waals surface area contributed by atoms with Crippen LogP contribution in [0.5, 0.6) is 0 Å². The average Bonchev–Trinajstić information content (AvgIpc) is 2.15. The second kappa shape index (κ2) is 5.35. The fourth-order valence-electron chi connectivity index (χ4n) is 1.02. The van der Waals surface area contributed by atoms with Gasteiger partial charge in [0.1, 0.15) is 0 Å². The van der Waals surface area contributed by atoms with Gasteiger partial charge in [0.25, 0.3) is 0 Å². The maximum absolute atomic E-state index is 11.7. The summed E-state index contributed by atoms with van der Waals surface area (Å²) < 4.78 is 0. The van der Waals surface area contributed by atoms with Crippen LogP contribution in [0, 0.1) is 11.8 Å². The monoisotopic (exact) mass is 200 g/mol. The number of nitrogens with one attached hydrogen (secondary N) is 1. The van der Waals surface area contributed by atoms with Gasteiger partial charge in [0.05, 0.1) is 5.54 Å². The standard InChI is InChI=1S/C11H24N2O/c1-6-9(4)10(14)13-11(5,7-12)8(2)3/h8-9H,6-7,12H2,1-5H3,(H,13,14). The fourth-order valence-corrected chi connectivity index (χ4v) is 1.02. The molecule has 0 aliphatic carbocycles. The lowest BCUT2D eigenvalue weighted by Gasteiger charge is -2.34. The molecule has 0 aromatic carbocycles. The predicted molar refractivity (Wildman–Crippen MR) is 59.9 cm³/mol. The van der Waals surface area contributed by atoms with Gasteiger partial charge in [-0.05, 0) is 19.3 Å². The molecule has 0 aliphatic heterocycles. The number of hydrogen-bond acceptors (Lipinski definition) is 2. The topological polar surface area (TPSA) is 55.1 Å². The van der Waals surface area contributed by atoms with Crippen molar-refractivity contribution in [3.8, 4) is 0 Å². The second-order valence-corrected chi connectivity index (χ2v) is 4.57. The molecule has 2 atom stereocenters. The molecule has 0 fully saturated rings. The zero-order chi connectivity index (χ0) is 11.4. The minimum absolute atomic E-state index is 0.0691. The van der Waals surface area contributed by atoms with Crippen molar-refractivity contribution in [1.82, 2.24) is 5.32 Å². The number of rotatable bonds is 5.